The van der Waals surface area contributed by atoms with E-state index in [1.165, 1.54) is 0 Å². The van der Waals surface area contributed by atoms with Crippen LogP contribution in [0.4, 0.5) is 0 Å². The summed E-state index contributed by atoms with van der Waals surface area (Å²) in [5.41, 5.74) is -0.0123. The molecular formula is C15H22O3. The highest BCUT2D eigenvalue weighted by molar-refractivity contribution is 6.03. The highest BCUT2D eigenvalue weighted by Crippen LogP contribution is 2.43. The predicted octanol–water partition coefficient (Wildman–Crippen LogP) is 2.13. The number of fused-ring (bicyclic) bond motifs is 1. The molecule has 4 atom stereocenters. The van der Waals surface area contributed by atoms with Crippen LogP contribution in [-0.4, -0.2) is 22.3 Å². The molecule has 0 bridgehead atoms. The largest absolute Gasteiger partial charge is 0.390 e. The van der Waals surface area contributed by atoms with Gasteiger partial charge in [-0.3, -0.25) is 9.59 Å². The number of aliphatic hydroxyl groups is 1. The van der Waals surface area contributed by atoms with Gasteiger partial charge in [-0.05, 0) is 38.7 Å². The third-order valence-corrected chi connectivity index (χ3v) is 4.58. The fraction of sp³-hybridized carbons (Fsp3) is 0.733. The Bertz CT molecular complexity index is 414. The van der Waals surface area contributed by atoms with Gasteiger partial charge in [-0.15, -0.1) is 0 Å². The molecule has 3 heteroatoms. The molecule has 0 amide bonds. The van der Waals surface area contributed by atoms with E-state index < -0.39 is 5.60 Å². The van der Waals surface area contributed by atoms with Crippen LogP contribution in [0.1, 0.15) is 40.5 Å². The summed E-state index contributed by atoms with van der Waals surface area (Å²) in [6.45, 7) is 7.28. The molecule has 0 aromatic rings. The van der Waals surface area contributed by atoms with Crippen LogP contribution in [0.3, 0.4) is 0 Å². The number of carbonyl (C=O) groups is 2. The van der Waals surface area contributed by atoms with Crippen LogP contribution in [0.25, 0.3) is 0 Å². The second-order valence-corrected chi connectivity index (χ2v) is 6.40. The smallest absolute Gasteiger partial charge is 0.159 e. The van der Waals surface area contributed by atoms with E-state index in [4.69, 9.17) is 0 Å². The summed E-state index contributed by atoms with van der Waals surface area (Å²) in [5, 5.41) is 10.2. The molecule has 0 unspecified atom stereocenters. The van der Waals surface area contributed by atoms with Crippen LogP contribution >= 0.6 is 0 Å². The highest BCUT2D eigenvalue weighted by Gasteiger charge is 2.47. The van der Waals surface area contributed by atoms with Crippen molar-refractivity contribution in [2.45, 2.75) is 46.1 Å². The van der Waals surface area contributed by atoms with E-state index in [2.05, 4.69) is 6.92 Å². The van der Waals surface area contributed by atoms with Gasteiger partial charge in [-0.25, -0.2) is 0 Å². The molecular weight excluding hydrogens is 228 g/mol. The summed E-state index contributed by atoms with van der Waals surface area (Å²) >= 11 is 0. The van der Waals surface area contributed by atoms with Gasteiger partial charge in [0.15, 0.2) is 5.78 Å². The molecule has 0 heterocycles. The van der Waals surface area contributed by atoms with Crippen molar-refractivity contribution < 1.29 is 14.7 Å². The van der Waals surface area contributed by atoms with Crippen molar-refractivity contribution in [3.05, 3.63) is 11.6 Å². The first-order valence-electron chi connectivity index (χ1n) is 6.75. The fourth-order valence-corrected chi connectivity index (χ4v) is 3.34. The summed E-state index contributed by atoms with van der Waals surface area (Å²) < 4.78 is 0. The van der Waals surface area contributed by atoms with E-state index in [9.17, 15) is 14.7 Å². The Hall–Kier alpha value is -0.960. The van der Waals surface area contributed by atoms with E-state index in [0.29, 0.717) is 6.42 Å². The molecule has 18 heavy (non-hydrogen) atoms. The van der Waals surface area contributed by atoms with Crippen LogP contribution in [0.5, 0.6) is 0 Å². The first kappa shape index (κ1) is 13.5. The predicted molar refractivity (Wildman–Crippen MR) is 68.9 cm³/mol. The second-order valence-electron chi connectivity index (χ2n) is 6.40. The molecule has 0 radical (unpaired) electrons. The van der Waals surface area contributed by atoms with Gasteiger partial charge in [0.2, 0.25) is 0 Å². The topological polar surface area (TPSA) is 54.4 Å². The van der Waals surface area contributed by atoms with E-state index in [-0.39, 0.29) is 35.2 Å². The minimum atomic E-state index is -1.00. The van der Waals surface area contributed by atoms with Gasteiger partial charge < -0.3 is 5.11 Å². The van der Waals surface area contributed by atoms with E-state index in [0.717, 1.165) is 12.0 Å². The Morgan fingerprint density at radius 2 is 1.83 bits per heavy atom. The minimum absolute atomic E-state index is 0.0523. The Morgan fingerprint density at radius 3 is 2.39 bits per heavy atom. The summed E-state index contributed by atoms with van der Waals surface area (Å²) in [6.07, 6.45) is 3.24. The SMILES string of the molecule is C[C@H]1CC[C@@H](C(C)(C)O)C(=O)[C@@H]2C1=CC(=O)[C@@H]2C. The van der Waals surface area contributed by atoms with Crippen molar-refractivity contribution in [2.75, 3.05) is 0 Å². The molecule has 1 N–H and O–H groups in total. The molecule has 1 fully saturated rings. The lowest BCUT2D eigenvalue weighted by Crippen LogP contribution is -2.40. The van der Waals surface area contributed by atoms with Gasteiger partial charge in [-0.2, -0.15) is 0 Å². The van der Waals surface area contributed by atoms with Crippen LogP contribution in [0, 0.1) is 23.7 Å². The number of hydrogen-bond donors (Lipinski definition) is 1. The van der Waals surface area contributed by atoms with Gasteiger partial charge in [0.05, 0.1) is 5.60 Å². The van der Waals surface area contributed by atoms with Gasteiger partial charge in [-0.1, -0.05) is 19.4 Å². The molecule has 2 rings (SSSR count). The maximum atomic E-state index is 12.6. The fourth-order valence-electron chi connectivity index (χ4n) is 3.34. The minimum Gasteiger partial charge on any atom is -0.390 e. The average molecular weight is 250 g/mol. The molecule has 3 nitrogen and oxygen atoms in total. The third-order valence-electron chi connectivity index (χ3n) is 4.58. The van der Waals surface area contributed by atoms with Gasteiger partial charge >= 0.3 is 0 Å². The number of hydrogen-bond acceptors (Lipinski definition) is 3. The normalized spacial score (nSPS) is 37.3. The number of allylic oxidation sites excluding steroid dienone is 2. The molecule has 2 aliphatic rings. The van der Waals surface area contributed by atoms with E-state index in [1.807, 2.05) is 6.92 Å². The van der Waals surface area contributed by atoms with Crippen molar-refractivity contribution in [1.82, 2.24) is 0 Å². The maximum Gasteiger partial charge on any atom is 0.159 e. The van der Waals surface area contributed by atoms with Crippen molar-refractivity contribution in [1.29, 1.82) is 0 Å². The zero-order valence-corrected chi connectivity index (χ0v) is 11.6. The first-order valence-corrected chi connectivity index (χ1v) is 6.75. The summed E-state index contributed by atoms with van der Waals surface area (Å²) in [5.74, 6) is -0.531. The third kappa shape index (κ3) is 2.05. The summed E-state index contributed by atoms with van der Waals surface area (Å²) in [4.78, 5) is 24.4. The van der Waals surface area contributed by atoms with Gasteiger partial charge in [0, 0.05) is 17.8 Å². The lowest BCUT2D eigenvalue weighted by molar-refractivity contribution is -0.136. The first-order chi connectivity index (χ1) is 8.23. The number of rotatable bonds is 1. The van der Waals surface area contributed by atoms with Crippen molar-refractivity contribution in [3.63, 3.8) is 0 Å². The molecule has 0 aliphatic heterocycles. The van der Waals surface area contributed by atoms with Crippen LogP contribution in [-0.2, 0) is 9.59 Å². The Balaban J connectivity index is 2.40. The molecule has 1 saturated carbocycles. The lowest BCUT2D eigenvalue weighted by Gasteiger charge is -2.29. The summed E-state index contributed by atoms with van der Waals surface area (Å²) in [7, 11) is 0. The standard InChI is InChI=1S/C15H22O3/c1-8-5-6-11(15(3,4)18)14(17)13-9(2)12(16)7-10(8)13/h7-9,11,13,18H,5-6H2,1-4H3/t8-,9-,11+,13-/m0/s1. The number of ketones is 2. The molecule has 0 aromatic carbocycles. The number of carbonyl (C=O) groups excluding carboxylic acids is 2. The van der Waals surface area contributed by atoms with Crippen molar-refractivity contribution in [2.24, 2.45) is 23.7 Å². The van der Waals surface area contributed by atoms with Crippen molar-refractivity contribution in [3.8, 4) is 0 Å². The van der Waals surface area contributed by atoms with Crippen LogP contribution in [0.2, 0.25) is 0 Å². The average Bonchev–Trinajstić information content (AvgIpc) is 2.46. The van der Waals surface area contributed by atoms with Gasteiger partial charge in [0.25, 0.3) is 0 Å². The van der Waals surface area contributed by atoms with Crippen LogP contribution in [0.15, 0.2) is 11.6 Å². The highest BCUT2D eigenvalue weighted by atomic mass is 16.3. The molecule has 100 valence electrons. The van der Waals surface area contributed by atoms with Crippen LogP contribution < -0.4 is 0 Å². The Kier molecular flexibility index (Phi) is 3.22. The second kappa shape index (κ2) is 4.30. The van der Waals surface area contributed by atoms with Gasteiger partial charge in [0.1, 0.15) is 5.78 Å². The Morgan fingerprint density at radius 1 is 1.22 bits per heavy atom. The van der Waals surface area contributed by atoms with E-state index >= 15 is 0 Å². The summed E-state index contributed by atoms with van der Waals surface area (Å²) in [6, 6.07) is 0. The molecule has 0 saturated heterocycles. The van der Waals surface area contributed by atoms with E-state index in [1.54, 1.807) is 19.9 Å². The zero-order chi connectivity index (χ0) is 13.7. The quantitative estimate of drug-likeness (QED) is 0.775. The maximum absolute atomic E-state index is 12.6. The zero-order valence-electron chi connectivity index (χ0n) is 11.6. The monoisotopic (exact) mass is 250 g/mol. The Labute approximate surface area is 108 Å². The number of Topliss-reactive ketones (excluding diaryl/α,β-unsaturated/α-hetero) is 1. The molecule has 0 aromatic heterocycles. The molecule has 2 aliphatic carbocycles. The van der Waals surface area contributed by atoms with Crippen molar-refractivity contribution >= 4 is 11.6 Å². The molecule has 0 spiro atoms. The lowest BCUT2D eigenvalue weighted by atomic mass is 9.77.